The zero-order valence-electron chi connectivity index (χ0n) is 15.5. The number of amides is 1. The van der Waals surface area contributed by atoms with Gasteiger partial charge in [0.1, 0.15) is 12.4 Å². The van der Waals surface area contributed by atoms with Crippen molar-refractivity contribution in [1.82, 2.24) is 10.2 Å². The number of carbonyl (C=O) groups is 1. The highest BCUT2D eigenvalue weighted by Crippen LogP contribution is 2.23. The maximum atomic E-state index is 12.7. The van der Waals surface area contributed by atoms with Crippen LogP contribution in [0.3, 0.4) is 0 Å². The zero-order valence-corrected chi connectivity index (χ0v) is 15.5. The Morgan fingerprint density at radius 1 is 1.33 bits per heavy atom. The summed E-state index contributed by atoms with van der Waals surface area (Å²) in [6.07, 6.45) is 0.948. The molecular weight excluding hydrogens is 304 g/mol. The van der Waals surface area contributed by atoms with Gasteiger partial charge in [0.2, 0.25) is 5.91 Å². The van der Waals surface area contributed by atoms with Crippen molar-refractivity contribution in [3.63, 3.8) is 0 Å². The van der Waals surface area contributed by atoms with E-state index in [2.05, 4.69) is 23.2 Å². The molecule has 0 aromatic heterocycles. The lowest BCUT2D eigenvalue weighted by atomic mass is 9.93. The molecule has 134 valence electrons. The molecule has 1 fully saturated rings. The lowest BCUT2D eigenvalue weighted by Crippen LogP contribution is -2.50. The Morgan fingerprint density at radius 2 is 2.04 bits per heavy atom. The molecule has 0 radical (unpaired) electrons. The molecule has 5 nitrogen and oxygen atoms in total. The SMILES string of the molecule is CCc1ccccc1OCC(C)(C)C(=O)NC1CN(C)CC1OC. The predicted octanol–water partition coefficient (Wildman–Crippen LogP) is 2.10. The molecule has 1 amide bonds. The fraction of sp³-hybridized carbons (Fsp3) is 0.632. The van der Waals surface area contributed by atoms with Gasteiger partial charge < -0.3 is 19.7 Å². The van der Waals surface area contributed by atoms with Crippen LogP contribution < -0.4 is 10.1 Å². The first-order chi connectivity index (χ1) is 11.4. The van der Waals surface area contributed by atoms with E-state index in [1.54, 1.807) is 7.11 Å². The van der Waals surface area contributed by atoms with Gasteiger partial charge in [-0.15, -0.1) is 0 Å². The number of likely N-dealkylation sites (tertiary alicyclic amines) is 1. The molecule has 1 aliphatic rings. The summed E-state index contributed by atoms with van der Waals surface area (Å²) in [7, 11) is 3.73. The monoisotopic (exact) mass is 334 g/mol. The van der Waals surface area contributed by atoms with Crippen LogP contribution in [0.1, 0.15) is 26.3 Å². The molecule has 1 N–H and O–H groups in total. The van der Waals surface area contributed by atoms with Crippen LogP contribution in [0.5, 0.6) is 5.75 Å². The summed E-state index contributed by atoms with van der Waals surface area (Å²) < 4.78 is 11.4. The Morgan fingerprint density at radius 3 is 2.71 bits per heavy atom. The van der Waals surface area contributed by atoms with Gasteiger partial charge in [0, 0.05) is 20.2 Å². The van der Waals surface area contributed by atoms with Crippen molar-refractivity contribution in [1.29, 1.82) is 0 Å². The van der Waals surface area contributed by atoms with Gasteiger partial charge in [-0.3, -0.25) is 4.79 Å². The number of rotatable bonds is 7. The van der Waals surface area contributed by atoms with Gasteiger partial charge in [0.05, 0.1) is 17.6 Å². The molecule has 1 aromatic rings. The van der Waals surface area contributed by atoms with E-state index in [0.717, 1.165) is 30.8 Å². The third-order valence-electron chi connectivity index (χ3n) is 4.62. The Hall–Kier alpha value is -1.59. The molecule has 0 spiro atoms. The molecular formula is C19H30N2O3. The van der Waals surface area contributed by atoms with Crippen molar-refractivity contribution in [3.8, 4) is 5.75 Å². The lowest BCUT2D eigenvalue weighted by Gasteiger charge is -2.28. The molecule has 1 saturated heterocycles. The van der Waals surface area contributed by atoms with Gasteiger partial charge in [-0.25, -0.2) is 0 Å². The molecule has 24 heavy (non-hydrogen) atoms. The molecule has 2 unspecified atom stereocenters. The summed E-state index contributed by atoms with van der Waals surface area (Å²) >= 11 is 0. The van der Waals surface area contributed by atoms with Crippen molar-refractivity contribution in [2.75, 3.05) is 33.9 Å². The van der Waals surface area contributed by atoms with E-state index in [0.29, 0.717) is 6.61 Å². The van der Waals surface area contributed by atoms with Gasteiger partial charge in [0.25, 0.3) is 0 Å². The minimum atomic E-state index is -0.611. The Kier molecular flexibility index (Phi) is 6.24. The molecule has 1 aliphatic heterocycles. The predicted molar refractivity (Wildman–Crippen MR) is 95.3 cm³/mol. The van der Waals surface area contributed by atoms with Crippen LogP contribution >= 0.6 is 0 Å². The van der Waals surface area contributed by atoms with Crippen LogP contribution in [0.15, 0.2) is 24.3 Å². The molecule has 1 aromatic carbocycles. The molecule has 0 saturated carbocycles. The summed E-state index contributed by atoms with van der Waals surface area (Å²) in [6, 6.07) is 8.00. The normalized spacial score (nSPS) is 21.7. The number of likely N-dealkylation sites (N-methyl/N-ethyl adjacent to an activating group) is 1. The number of nitrogens with one attached hydrogen (secondary N) is 1. The minimum Gasteiger partial charge on any atom is -0.492 e. The second-order valence-electron chi connectivity index (χ2n) is 7.21. The summed E-state index contributed by atoms with van der Waals surface area (Å²) in [5.41, 5.74) is 0.547. The summed E-state index contributed by atoms with van der Waals surface area (Å²) in [4.78, 5) is 14.9. The van der Waals surface area contributed by atoms with Crippen LogP contribution in [0.2, 0.25) is 0 Å². The average molecular weight is 334 g/mol. The van der Waals surface area contributed by atoms with Gasteiger partial charge in [-0.05, 0) is 38.9 Å². The van der Waals surface area contributed by atoms with Crippen molar-refractivity contribution in [3.05, 3.63) is 29.8 Å². The number of hydrogen-bond acceptors (Lipinski definition) is 4. The molecule has 0 bridgehead atoms. The van der Waals surface area contributed by atoms with E-state index >= 15 is 0 Å². The Bertz CT molecular complexity index is 559. The van der Waals surface area contributed by atoms with Gasteiger partial charge in [-0.1, -0.05) is 25.1 Å². The van der Waals surface area contributed by atoms with Crippen LogP contribution in [0.25, 0.3) is 0 Å². The van der Waals surface area contributed by atoms with Crippen molar-refractivity contribution >= 4 is 5.91 Å². The fourth-order valence-corrected chi connectivity index (χ4v) is 2.96. The van der Waals surface area contributed by atoms with Crippen LogP contribution in [-0.4, -0.2) is 56.8 Å². The number of hydrogen-bond donors (Lipinski definition) is 1. The third kappa shape index (κ3) is 4.48. The molecule has 0 aliphatic carbocycles. The number of ether oxygens (including phenoxy) is 2. The number of carbonyl (C=O) groups excluding carboxylic acids is 1. The van der Waals surface area contributed by atoms with E-state index in [9.17, 15) is 4.79 Å². The molecule has 2 rings (SSSR count). The Labute approximate surface area is 145 Å². The smallest absolute Gasteiger partial charge is 0.229 e. The van der Waals surface area contributed by atoms with E-state index in [-0.39, 0.29) is 18.1 Å². The fourth-order valence-electron chi connectivity index (χ4n) is 2.96. The van der Waals surface area contributed by atoms with Crippen molar-refractivity contribution in [2.45, 2.75) is 39.3 Å². The second kappa shape index (κ2) is 7.99. The first-order valence-electron chi connectivity index (χ1n) is 8.60. The van der Waals surface area contributed by atoms with Crippen LogP contribution in [0.4, 0.5) is 0 Å². The lowest BCUT2D eigenvalue weighted by molar-refractivity contribution is -0.132. The highest BCUT2D eigenvalue weighted by molar-refractivity contribution is 5.82. The maximum absolute atomic E-state index is 12.7. The van der Waals surface area contributed by atoms with Gasteiger partial charge >= 0.3 is 0 Å². The van der Waals surface area contributed by atoms with Gasteiger partial charge in [-0.2, -0.15) is 0 Å². The number of para-hydroxylation sites is 1. The highest BCUT2D eigenvalue weighted by Gasteiger charge is 2.36. The minimum absolute atomic E-state index is 0.00108. The van der Waals surface area contributed by atoms with Crippen LogP contribution in [0, 0.1) is 5.41 Å². The standard InChI is InChI=1S/C19H30N2O3/c1-6-14-9-7-8-10-16(14)24-13-19(2,3)18(22)20-15-11-21(4)12-17(15)23-5/h7-10,15,17H,6,11-13H2,1-5H3,(H,20,22). The number of aryl methyl sites for hydroxylation is 1. The summed E-state index contributed by atoms with van der Waals surface area (Å²) in [5.74, 6) is 0.857. The van der Waals surface area contributed by atoms with Crippen LogP contribution in [-0.2, 0) is 16.0 Å². The van der Waals surface area contributed by atoms with E-state index in [1.807, 2.05) is 39.1 Å². The number of methoxy groups -OCH3 is 1. The first kappa shape index (κ1) is 18.7. The number of nitrogens with zero attached hydrogens (tertiary/aromatic N) is 1. The number of benzene rings is 1. The second-order valence-corrected chi connectivity index (χ2v) is 7.21. The van der Waals surface area contributed by atoms with Crippen molar-refractivity contribution < 1.29 is 14.3 Å². The van der Waals surface area contributed by atoms with E-state index < -0.39 is 5.41 Å². The topological polar surface area (TPSA) is 50.8 Å². The maximum Gasteiger partial charge on any atom is 0.229 e. The largest absolute Gasteiger partial charge is 0.492 e. The highest BCUT2D eigenvalue weighted by atomic mass is 16.5. The third-order valence-corrected chi connectivity index (χ3v) is 4.62. The van der Waals surface area contributed by atoms with Crippen molar-refractivity contribution in [2.24, 2.45) is 5.41 Å². The molecule has 2 atom stereocenters. The van der Waals surface area contributed by atoms with Gasteiger partial charge in [0.15, 0.2) is 0 Å². The summed E-state index contributed by atoms with van der Waals surface area (Å²) in [6.45, 7) is 7.91. The molecule has 5 heteroatoms. The van der Waals surface area contributed by atoms with E-state index in [4.69, 9.17) is 9.47 Å². The zero-order chi connectivity index (χ0) is 17.7. The summed E-state index contributed by atoms with van der Waals surface area (Å²) in [5, 5.41) is 3.13. The quantitative estimate of drug-likeness (QED) is 0.830. The average Bonchev–Trinajstić information content (AvgIpc) is 2.92. The first-order valence-corrected chi connectivity index (χ1v) is 8.60. The Balaban J connectivity index is 1.95. The molecule has 1 heterocycles. The van der Waals surface area contributed by atoms with E-state index in [1.165, 1.54) is 0 Å².